The van der Waals surface area contributed by atoms with Gasteiger partial charge in [-0.3, -0.25) is 9.59 Å². The summed E-state index contributed by atoms with van der Waals surface area (Å²) in [7, 11) is 0. The number of hydrogen-bond acceptors (Lipinski definition) is 4. The quantitative estimate of drug-likeness (QED) is 0.708. The van der Waals surface area contributed by atoms with Gasteiger partial charge in [0.2, 0.25) is 5.91 Å². The number of carbonyl (C=O) groups is 2. The van der Waals surface area contributed by atoms with Crippen LogP contribution in [0, 0.1) is 0 Å². The standard InChI is InChI=1S/C18H29N3O2S/c1-3-5-6-9-17(22)20-10-7-11-21(13-12-20)18(23)15-14-24-16(19-15)8-4-2/h14H,3-13H2,1-2H3. The molecule has 1 aromatic rings. The molecule has 1 aromatic heterocycles. The van der Waals surface area contributed by atoms with Crippen LogP contribution < -0.4 is 0 Å². The Labute approximate surface area is 149 Å². The van der Waals surface area contributed by atoms with Gasteiger partial charge in [-0.25, -0.2) is 4.98 Å². The van der Waals surface area contributed by atoms with E-state index in [2.05, 4.69) is 18.8 Å². The van der Waals surface area contributed by atoms with Crippen LogP contribution >= 0.6 is 11.3 Å². The molecule has 0 spiro atoms. The molecule has 6 heteroatoms. The molecule has 2 rings (SSSR count). The van der Waals surface area contributed by atoms with Crippen molar-refractivity contribution in [2.75, 3.05) is 26.2 Å². The van der Waals surface area contributed by atoms with E-state index in [0.29, 0.717) is 31.7 Å². The lowest BCUT2D eigenvalue weighted by atomic mass is 10.2. The average Bonchev–Trinajstić information content (AvgIpc) is 2.90. The molecule has 5 nitrogen and oxygen atoms in total. The van der Waals surface area contributed by atoms with E-state index in [1.54, 1.807) is 11.3 Å². The zero-order valence-electron chi connectivity index (χ0n) is 14.9. The molecule has 0 radical (unpaired) electrons. The van der Waals surface area contributed by atoms with E-state index in [1.807, 2.05) is 15.2 Å². The fourth-order valence-electron chi connectivity index (χ4n) is 2.95. The maximum atomic E-state index is 12.6. The van der Waals surface area contributed by atoms with Crippen molar-refractivity contribution in [3.63, 3.8) is 0 Å². The second kappa shape index (κ2) is 9.77. The summed E-state index contributed by atoms with van der Waals surface area (Å²) in [6.07, 6.45) is 6.65. The minimum absolute atomic E-state index is 0.00823. The number of aromatic nitrogens is 1. The Morgan fingerprint density at radius 1 is 1.08 bits per heavy atom. The van der Waals surface area contributed by atoms with Gasteiger partial charge in [0.15, 0.2) is 0 Å². The van der Waals surface area contributed by atoms with Crippen molar-refractivity contribution >= 4 is 23.2 Å². The molecule has 134 valence electrons. The van der Waals surface area contributed by atoms with Gasteiger partial charge in [0.05, 0.1) is 5.01 Å². The summed E-state index contributed by atoms with van der Waals surface area (Å²) in [5.41, 5.74) is 0.561. The van der Waals surface area contributed by atoms with Gasteiger partial charge in [-0.2, -0.15) is 0 Å². The second-order valence-electron chi connectivity index (χ2n) is 6.36. The van der Waals surface area contributed by atoms with Gasteiger partial charge >= 0.3 is 0 Å². The van der Waals surface area contributed by atoms with E-state index < -0.39 is 0 Å². The highest BCUT2D eigenvalue weighted by molar-refractivity contribution is 7.09. The number of thiazole rings is 1. The Morgan fingerprint density at radius 3 is 2.58 bits per heavy atom. The predicted molar refractivity (Wildman–Crippen MR) is 97.4 cm³/mol. The number of amides is 2. The number of hydrogen-bond donors (Lipinski definition) is 0. The van der Waals surface area contributed by atoms with Crippen LogP contribution in [-0.2, 0) is 11.2 Å². The van der Waals surface area contributed by atoms with Gasteiger partial charge in [0.25, 0.3) is 5.91 Å². The molecule has 2 amide bonds. The van der Waals surface area contributed by atoms with Crippen LogP contribution in [0.2, 0.25) is 0 Å². The third kappa shape index (κ3) is 5.30. The van der Waals surface area contributed by atoms with Crippen molar-refractivity contribution < 1.29 is 9.59 Å². The molecule has 0 saturated carbocycles. The summed E-state index contributed by atoms with van der Waals surface area (Å²) >= 11 is 1.57. The first-order valence-electron chi connectivity index (χ1n) is 9.17. The Balaban J connectivity index is 1.87. The summed E-state index contributed by atoms with van der Waals surface area (Å²) in [5, 5.41) is 2.90. The van der Waals surface area contributed by atoms with Crippen LogP contribution in [0.1, 0.15) is 67.9 Å². The Morgan fingerprint density at radius 2 is 1.83 bits per heavy atom. The molecule has 0 bridgehead atoms. The fourth-order valence-corrected chi connectivity index (χ4v) is 3.83. The van der Waals surface area contributed by atoms with Crippen molar-refractivity contribution in [2.45, 2.75) is 58.8 Å². The number of nitrogens with zero attached hydrogens (tertiary/aromatic N) is 3. The van der Waals surface area contributed by atoms with Gasteiger partial charge in [-0.15, -0.1) is 11.3 Å². The minimum Gasteiger partial charge on any atom is -0.341 e. The molecule has 0 unspecified atom stereocenters. The highest BCUT2D eigenvalue weighted by atomic mass is 32.1. The average molecular weight is 352 g/mol. The second-order valence-corrected chi connectivity index (χ2v) is 7.30. The first kappa shape index (κ1) is 18.9. The zero-order chi connectivity index (χ0) is 17.4. The lowest BCUT2D eigenvalue weighted by molar-refractivity contribution is -0.131. The van der Waals surface area contributed by atoms with Crippen LogP contribution in [0.3, 0.4) is 0 Å². The summed E-state index contributed by atoms with van der Waals surface area (Å²) in [6, 6.07) is 0. The van der Waals surface area contributed by atoms with Crippen molar-refractivity contribution in [3.05, 3.63) is 16.1 Å². The number of aryl methyl sites for hydroxylation is 1. The van der Waals surface area contributed by atoms with E-state index in [9.17, 15) is 9.59 Å². The summed E-state index contributed by atoms with van der Waals surface area (Å²) in [5.74, 6) is 0.241. The number of carbonyl (C=O) groups excluding carboxylic acids is 2. The van der Waals surface area contributed by atoms with E-state index >= 15 is 0 Å². The molecule has 2 heterocycles. The van der Waals surface area contributed by atoms with Crippen LogP contribution in [0.25, 0.3) is 0 Å². The summed E-state index contributed by atoms with van der Waals surface area (Å²) in [6.45, 7) is 6.97. The van der Waals surface area contributed by atoms with Crippen molar-refractivity contribution in [1.82, 2.24) is 14.8 Å². The molecule has 0 atom stereocenters. The minimum atomic E-state index is 0.00823. The van der Waals surface area contributed by atoms with Gasteiger partial charge in [0, 0.05) is 38.0 Å². The maximum Gasteiger partial charge on any atom is 0.273 e. The van der Waals surface area contributed by atoms with Crippen molar-refractivity contribution in [3.8, 4) is 0 Å². The SMILES string of the molecule is CCCCCC(=O)N1CCCN(C(=O)c2csc(CCC)n2)CC1. The molecule has 1 fully saturated rings. The first-order chi connectivity index (χ1) is 11.7. The lowest BCUT2D eigenvalue weighted by Crippen LogP contribution is -2.37. The van der Waals surface area contributed by atoms with Gasteiger partial charge < -0.3 is 9.80 Å². The third-order valence-electron chi connectivity index (χ3n) is 4.36. The maximum absolute atomic E-state index is 12.6. The summed E-state index contributed by atoms with van der Waals surface area (Å²) in [4.78, 5) is 33.1. The molecule has 1 aliphatic heterocycles. The highest BCUT2D eigenvalue weighted by Gasteiger charge is 2.23. The summed E-state index contributed by atoms with van der Waals surface area (Å²) < 4.78 is 0. The monoisotopic (exact) mass is 351 g/mol. The van der Waals surface area contributed by atoms with Crippen LogP contribution in [-0.4, -0.2) is 52.8 Å². The fraction of sp³-hybridized carbons (Fsp3) is 0.722. The Hall–Kier alpha value is -1.43. The highest BCUT2D eigenvalue weighted by Crippen LogP contribution is 2.15. The molecule has 24 heavy (non-hydrogen) atoms. The number of rotatable bonds is 7. The van der Waals surface area contributed by atoms with E-state index in [4.69, 9.17) is 0 Å². The molecule has 0 aliphatic carbocycles. The molecular formula is C18H29N3O2S. The Kier molecular flexibility index (Phi) is 7.69. The molecular weight excluding hydrogens is 322 g/mol. The van der Waals surface area contributed by atoms with Crippen LogP contribution in [0.15, 0.2) is 5.38 Å². The Bertz CT molecular complexity index is 544. The van der Waals surface area contributed by atoms with Gasteiger partial charge in [-0.1, -0.05) is 26.7 Å². The van der Waals surface area contributed by atoms with Gasteiger partial charge in [-0.05, 0) is 25.7 Å². The normalized spacial score (nSPS) is 15.4. The van der Waals surface area contributed by atoms with E-state index in [1.165, 1.54) is 0 Å². The van der Waals surface area contributed by atoms with Crippen LogP contribution in [0.4, 0.5) is 0 Å². The van der Waals surface area contributed by atoms with Crippen molar-refractivity contribution in [2.24, 2.45) is 0 Å². The van der Waals surface area contributed by atoms with Crippen LogP contribution in [0.5, 0.6) is 0 Å². The zero-order valence-corrected chi connectivity index (χ0v) is 15.7. The molecule has 0 aromatic carbocycles. The van der Waals surface area contributed by atoms with E-state index in [0.717, 1.165) is 50.1 Å². The van der Waals surface area contributed by atoms with E-state index in [-0.39, 0.29) is 11.8 Å². The topological polar surface area (TPSA) is 53.5 Å². The lowest BCUT2D eigenvalue weighted by Gasteiger charge is -2.21. The molecule has 1 aliphatic rings. The first-order valence-corrected chi connectivity index (χ1v) is 10.0. The molecule has 0 N–H and O–H groups in total. The van der Waals surface area contributed by atoms with Crippen molar-refractivity contribution in [1.29, 1.82) is 0 Å². The number of unbranched alkanes of at least 4 members (excludes halogenated alkanes) is 2. The third-order valence-corrected chi connectivity index (χ3v) is 5.27. The largest absolute Gasteiger partial charge is 0.341 e. The smallest absolute Gasteiger partial charge is 0.273 e. The van der Waals surface area contributed by atoms with Gasteiger partial charge in [0.1, 0.15) is 5.69 Å². The molecule has 1 saturated heterocycles. The predicted octanol–water partition coefficient (Wildman–Crippen LogP) is 3.35.